The van der Waals surface area contributed by atoms with E-state index in [1.807, 2.05) is 0 Å². The third kappa shape index (κ3) is 3.46. The van der Waals surface area contributed by atoms with Gasteiger partial charge in [0.2, 0.25) is 0 Å². The van der Waals surface area contributed by atoms with E-state index in [4.69, 9.17) is 0 Å². The van der Waals surface area contributed by atoms with Gasteiger partial charge in [0.15, 0.2) is 9.84 Å². The van der Waals surface area contributed by atoms with E-state index < -0.39 is 9.84 Å². The molecule has 0 radical (unpaired) electrons. The molecule has 0 aromatic carbocycles. The average Bonchev–Trinajstić information content (AvgIpc) is 2.61. The fourth-order valence-corrected chi connectivity index (χ4v) is 3.98. The molecule has 0 saturated carbocycles. The summed E-state index contributed by atoms with van der Waals surface area (Å²) >= 11 is 0. The van der Waals surface area contributed by atoms with Gasteiger partial charge in [0.1, 0.15) is 5.69 Å². The van der Waals surface area contributed by atoms with E-state index in [0.717, 1.165) is 12.8 Å². The Labute approximate surface area is 141 Å². The molecule has 1 fully saturated rings. The molecule has 2 aromatic heterocycles. The minimum atomic E-state index is -3.35. The largest absolute Gasteiger partial charge is 0.337 e. The quantitative estimate of drug-likeness (QED) is 0.849. The number of carbonyl (C=O) groups is 1. The van der Waals surface area contributed by atoms with Crippen LogP contribution in [0.1, 0.15) is 34.9 Å². The first-order valence-electron chi connectivity index (χ1n) is 7.82. The van der Waals surface area contributed by atoms with Crippen molar-refractivity contribution in [2.24, 2.45) is 0 Å². The topological polar surface area (TPSA) is 80.2 Å². The maximum absolute atomic E-state index is 12.6. The van der Waals surface area contributed by atoms with Crippen LogP contribution in [0, 0.1) is 0 Å². The van der Waals surface area contributed by atoms with E-state index >= 15 is 0 Å². The molecule has 0 spiro atoms. The van der Waals surface area contributed by atoms with Gasteiger partial charge < -0.3 is 4.90 Å². The number of likely N-dealkylation sites (tertiary alicyclic amines) is 1. The molecule has 0 aliphatic carbocycles. The van der Waals surface area contributed by atoms with E-state index in [-0.39, 0.29) is 16.7 Å². The zero-order valence-electron chi connectivity index (χ0n) is 13.4. The van der Waals surface area contributed by atoms with E-state index in [9.17, 15) is 13.2 Å². The Hall–Kier alpha value is -2.28. The van der Waals surface area contributed by atoms with Crippen LogP contribution in [0.2, 0.25) is 0 Å². The first-order valence-corrected chi connectivity index (χ1v) is 9.71. The maximum atomic E-state index is 12.6. The molecule has 6 nitrogen and oxygen atoms in total. The van der Waals surface area contributed by atoms with Crippen LogP contribution >= 0.6 is 0 Å². The van der Waals surface area contributed by atoms with Gasteiger partial charge in [0.05, 0.1) is 10.6 Å². The van der Waals surface area contributed by atoms with E-state index in [1.165, 1.54) is 6.26 Å². The van der Waals surface area contributed by atoms with Crippen LogP contribution in [0.3, 0.4) is 0 Å². The van der Waals surface area contributed by atoms with Crippen molar-refractivity contribution < 1.29 is 13.2 Å². The van der Waals surface area contributed by atoms with Crippen LogP contribution in [0.4, 0.5) is 0 Å². The van der Waals surface area contributed by atoms with Crippen molar-refractivity contribution in [3.63, 3.8) is 0 Å². The number of carbonyl (C=O) groups excluding carboxylic acids is 1. The summed E-state index contributed by atoms with van der Waals surface area (Å²) in [6.45, 7) is 1.10. The van der Waals surface area contributed by atoms with Gasteiger partial charge in [-0.1, -0.05) is 6.07 Å². The molecule has 0 bridgehead atoms. The molecule has 1 saturated heterocycles. The molecule has 3 heterocycles. The van der Waals surface area contributed by atoms with Gasteiger partial charge in [-0.25, -0.2) is 8.42 Å². The van der Waals surface area contributed by atoms with Gasteiger partial charge >= 0.3 is 0 Å². The summed E-state index contributed by atoms with van der Waals surface area (Å²) in [6, 6.07) is 8.44. The third-order valence-electron chi connectivity index (χ3n) is 4.18. The van der Waals surface area contributed by atoms with Crippen LogP contribution in [-0.2, 0) is 9.84 Å². The van der Waals surface area contributed by atoms with Crippen LogP contribution < -0.4 is 0 Å². The summed E-state index contributed by atoms with van der Waals surface area (Å²) in [5, 5.41) is 0. The van der Waals surface area contributed by atoms with Crippen LogP contribution in [0.25, 0.3) is 0 Å². The van der Waals surface area contributed by atoms with Crippen LogP contribution in [0.15, 0.2) is 47.6 Å². The molecule has 2 aromatic rings. The molecule has 126 valence electrons. The number of hydrogen-bond donors (Lipinski definition) is 0. The summed E-state index contributed by atoms with van der Waals surface area (Å²) in [6.07, 6.45) is 6.00. The fourth-order valence-electron chi connectivity index (χ4n) is 3.06. The molecule has 7 heteroatoms. The highest BCUT2D eigenvalue weighted by Crippen LogP contribution is 2.30. The standard InChI is InChI=1S/C17H19N3O3S/c1-24(22,23)15-8-4-10-19-16(15)13-6-5-11-20(12-13)17(21)14-7-2-3-9-18-14/h2-4,7-10,13H,5-6,11-12H2,1H3. The smallest absolute Gasteiger partial charge is 0.272 e. The van der Waals surface area contributed by atoms with E-state index in [2.05, 4.69) is 9.97 Å². The molecule has 0 N–H and O–H groups in total. The fraction of sp³-hybridized carbons (Fsp3) is 0.353. The predicted octanol–water partition coefficient (Wildman–Crippen LogP) is 1.90. The summed E-state index contributed by atoms with van der Waals surface area (Å²) in [4.78, 5) is 23.0. The molecule has 1 aliphatic heterocycles. The molecule has 24 heavy (non-hydrogen) atoms. The monoisotopic (exact) mass is 345 g/mol. The minimum Gasteiger partial charge on any atom is -0.337 e. The van der Waals surface area contributed by atoms with Gasteiger partial charge in [-0.05, 0) is 37.1 Å². The number of aromatic nitrogens is 2. The van der Waals surface area contributed by atoms with Gasteiger partial charge in [-0.2, -0.15) is 0 Å². The first-order chi connectivity index (χ1) is 11.5. The Morgan fingerprint density at radius 1 is 1.17 bits per heavy atom. The Kier molecular flexibility index (Phi) is 4.62. The first kappa shape index (κ1) is 16.6. The number of pyridine rings is 2. The number of nitrogens with zero attached hydrogens (tertiary/aromatic N) is 3. The van der Waals surface area contributed by atoms with E-state index in [0.29, 0.717) is 24.5 Å². The van der Waals surface area contributed by atoms with Gasteiger partial charge in [0, 0.05) is 37.7 Å². The second kappa shape index (κ2) is 6.68. The summed E-state index contributed by atoms with van der Waals surface area (Å²) in [5.41, 5.74) is 0.959. The predicted molar refractivity (Wildman–Crippen MR) is 89.5 cm³/mol. The minimum absolute atomic E-state index is 0.0858. The van der Waals surface area contributed by atoms with Crippen molar-refractivity contribution in [2.75, 3.05) is 19.3 Å². The number of hydrogen-bond acceptors (Lipinski definition) is 5. The van der Waals surface area contributed by atoms with Crippen molar-refractivity contribution in [3.8, 4) is 0 Å². The van der Waals surface area contributed by atoms with Crippen molar-refractivity contribution >= 4 is 15.7 Å². The van der Waals surface area contributed by atoms with Gasteiger partial charge in [-0.15, -0.1) is 0 Å². The lowest BCUT2D eigenvalue weighted by Gasteiger charge is -2.32. The molecular weight excluding hydrogens is 326 g/mol. The summed E-state index contributed by atoms with van der Waals surface area (Å²) in [5.74, 6) is -0.213. The third-order valence-corrected chi connectivity index (χ3v) is 5.32. The maximum Gasteiger partial charge on any atom is 0.272 e. The number of rotatable bonds is 3. The number of sulfone groups is 1. The van der Waals surface area contributed by atoms with Crippen molar-refractivity contribution in [1.82, 2.24) is 14.9 Å². The molecule has 1 amide bonds. The average molecular weight is 345 g/mol. The lowest BCUT2D eigenvalue weighted by Crippen LogP contribution is -2.40. The zero-order chi connectivity index (χ0) is 17.2. The van der Waals surface area contributed by atoms with Gasteiger partial charge in [0.25, 0.3) is 5.91 Å². The Morgan fingerprint density at radius 2 is 1.96 bits per heavy atom. The highest BCUT2D eigenvalue weighted by Gasteiger charge is 2.29. The van der Waals surface area contributed by atoms with Crippen LogP contribution in [0.5, 0.6) is 0 Å². The van der Waals surface area contributed by atoms with E-state index in [1.54, 1.807) is 47.6 Å². The lowest BCUT2D eigenvalue weighted by molar-refractivity contribution is 0.0699. The lowest BCUT2D eigenvalue weighted by atomic mass is 9.94. The highest BCUT2D eigenvalue weighted by molar-refractivity contribution is 7.90. The Balaban J connectivity index is 1.86. The Bertz CT molecular complexity index is 837. The molecule has 1 atom stereocenters. The summed E-state index contributed by atoms with van der Waals surface area (Å²) < 4.78 is 24.0. The number of amides is 1. The Morgan fingerprint density at radius 3 is 2.67 bits per heavy atom. The molecular formula is C17H19N3O3S. The second-order valence-electron chi connectivity index (χ2n) is 5.96. The molecule has 1 aliphatic rings. The summed E-state index contributed by atoms with van der Waals surface area (Å²) in [7, 11) is -3.35. The van der Waals surface area contributed by atoms with Gasteiger partial charge in [-0.3, -0.25) is 14.8 Å². The normalized spacial score (nSPS) is 18.4. The second-order valence-corrected chi connectivity index (χ2v) is 7.95. The molecule has 1 unspecified atom stereocenters. The van der Waals surface area contributed by atoms with Crippen molar-refractivity contribution in [2.45, 2.75) is 23.7 Å². The molecule has 3 rings (SSSR count). The van der Waals surface area contributed by atoms with Crippen molar-refractivity contribution in [3.05, 3.63) is 54.1 Å². The SMILES string of the molecule is CS(=O)(=O)c1cccnc1C1CCCN(C(=O)c2ccccn2)C1. The number of piperidine rings is 1. The zero-order valence-corrected chi connectivity index (χ0v) is 14.2. The van der Waals surface area contributed by atoms with Crippen molar-refractivity contribution in [1.29, 1.82) is 0 Å². The van der Waals surface area contributed by atoms with Crippen LogP contribution in [-0.4, -0.2) is 48.5 Å². The highest BCUT2D eigenvalue weighted by atomic mass is 32.2.